The first-order valence-electron chi connectivity index (χ1n) is 5.71. The minimum Gasteiger partial charge on any atom is -0.369 e. The van der Waals surface area contributed by atoms with Crippen molar-refractivity contribution < 1.29 is 9.59 Å². The highest BCUT2D eigenvalue weighted by Crippen LogP contribution is 2.22. The van der Waals surface area contributed by atoms with E-state index in [1.165, 1.54) is 11.3 Å². The number of thiophene rings is 1. The second-order valence-corrected chi connectivity index (χ2v) is 5.53. The molecule has 1 fully saturated rings. The van der Waals surface area contributed by atoms with Crippen molar-refractivity contribution in [2.24, 2.45) is 17.5 Å². The monoisotopic (exact) mass is 268 g/mol. The molecular formula is C11H16N4O2S. The molecule has 0 radical (unpaired) electrons. The molecule has 0 spiro atoms. The molecule has 6 nitrogen and oxygen atoms in total. The van der Waals surface area contributed by atoms with E-state index < -0.39 is 0 Å². The van der Waals surface area contributed by atoms with Crippen molar-refractivity contribution in [2.75, 3.05) is 13.1 Å². The van der Waals surface area contributed by atoms with Gasteiger partial charge in [0.1, 0.15) is 0 Å². The second kappa shape index (κ2) is 5.47. The zero-order valence-corrected chi connectivity index (χ0v) is 10.7. The maximum Gasteiger partial charge on any atom is 0.275 e. The first-order chi connectivity index (χ1) is 8.60. The SMILES string of the molecule is NNC(=O)c1ccc(CN2CCC(C(N)=O)C2)s1. The number of primary amides is 1. The number of nitrogens with one attached hydrogen (secondary N) is 1. The highest BCUT2D eigenvalue weighted by atomic mass is 32.1. The van der Waals surface area contributed by atoms with Crippen LogP contribution in [0, 0.1) is 5.92 Å². The Labute approximate surface area is 109 Å². The number of carbonyl (C=O) groups excluding carboxylic acids is 2. The van der Waals surface area contributed by atoms with Gasteiger partial charge >= 0.3 is 0 Å². The van der Waals surface area contributed by atoms with Crippen molar-refractivity contribution in [3.8, 4) is 0 Å². The normalized spacial score (nSPS) is 19.9. The van der Waals surface area contributed by atoms with Crippen LogP contribution in [0.5, 0.6) is 0 Å². The quantitative estimate of drug-likeness (QED) is 0.395. The van der Waals surface area contributed by atoms with Crippen LogP contribution in [-0.4, -0.2) is 29.8 Å². The largest absolute Gasteiger partial charge is 0.369 e. The van der Waals surface area contributed by atoms with Gasteiger partial charge in [-0.25, -0.2) is 5.84 Å². The van der Waals surface area contributed by atoms with Gasteiger partial charge in [0.2, 0.25) is 5.91 Å². The van der Waals surface area contributed by atoms with E-state index in [1.54, 1.807) is 6.07 Å². The molecular weight excluding hydrogens is 252 g/mol. The molecule has 7 heteroatoms. The number of amides is 2. The number of carbonyl (C=O) groups is 2. The molecule has 0 aromatic carbocycles. The van der Waals surface area contributed by atoms with E-state index in [4.69, 9.17) is 11.6 Å². The summed E-state index contributed by atoms with van der Waals surface area (Å²) in [6.07, 6.45) is 0.816. The van der Waals surface area contributed by atoms with Crippen LogP contribution in [0.1, 0.15) is 21.0 Å². The maximum absolute atomic E-state index is 11.3. The number of hydrogen-bond donors (Lipinski definition) is 3. The van der Waals surface area contributed by atoms with E-state index in [2.05, 4.69) is 10.3 Å². The molecule has 98 valence electrons. The van der Waals surface area contributed by atoms with Crippen molar-refractivity contribution in [1.82, 2.24) is 10.3 Å². The number of rotatable bonds is 4. The van der Waals surface area contributed by atoms with Crippen LogP contribution in [0.25, 0.3) is 0 Å². The first kappa shape index (κ1) is 13.0. The molecule has 1 aromatic rings. The Morgan fingerprint density at radius 1 is 1.50 bits per heavy atom. The van der Waals surface area contributed by atoms with E-state index in [-0.39, 0.29) is 17.7 Å². The molecule has 5 N–H and O–H groups in total. The zero-order chi connectivity index (χ0) is 13.1. The van der Waals surface area contributed by atoms with Crippen LogP contribution in [0.4, 0.5) is 0 Å². The molecule has 0 saturated carbocycles. The van der Waals surface area contributed by atoms with E-state index in [0.717, 1.165) is 24.4 Å². The molecule has 0 aliphatic carbocycles. The van der Waals surface area contributed by atoms with Crippen LogP contribution in [0.3, 0.4) is 0 Å². The van der Waals surface area contributed by atoms with Gasteiger partial charge < -0.3 is 5.73 Å². The molecule has 1 aromatic heterocycles. The van der Waals surface area contributed by atoms with Gasteiger partial charge in [0.15, 0.2) is 0 Å². The Hall–Kier alpha value is -1.44. The second-order valence-electron chi connectivity index (χ2n) is 4.36. The highest BCUT2D eigenvalue weighted by Gasteiger charge is 2.26. The predicted octanol–water partition coefficient (Wildman–Crippen LogP) is -0.341. The fraction of sp³-hybridized carbons (Fsp3) is 0.455. The number of nitrogens with zero attached hydrogens (tertiary/aromatic N) is 1. The van der Waals surface area contributed by atoms with E-state index in [0.29, 0.717) is 11.4 Å². The molecule has 1 unspecified atom stereocenters. The average molecular weight is 268 g/mol. The van der Waals surface area contributed by atoms with Crippen molar-refractivity contribution in [3.05, 3.63) is 21.9 Å². The van der Waals surface area contributed by atoms with Gasteiger partial charge in [0.25, 0.3) is 5.91 Å². The standard InChI is InChI=1S/C11H16N4O2S/c12-10(16)7-3-4-15(5-7)6-8-1-2-9(18-8)11(17)14-13/h1-2,7H,3-6,13H2,(H2,12,16)(H,14,17). The van der Waals surface area contributed by atoms with Gasteiger partial charge in [-0.05, 0) is 25.1 Å². The number of hydrazine groups is 1. The molecule has 1 aliphatic heterocycles. The van der Waals surface area contributed by atoms with Crippen molar-refractivity contribution >= 4 is 23.2 Å². The third-order valence-electron chi connectivity index (χ3n) is 3.07. The summed E-state index contributed by atoms with van der Waals surface area (Å²) in [6.45, 7) is 2.31. The van der Waals surface area contributed by atoms with Crippen molar-refractivity contribution in [2.45, 2.75) is 13.0 Å². The molecule has 2 rings (SSSR count). The van der Waals surface area contributed by atoms with Gasteiger partial charge in [0.05, 0.1) is 10.8 Å². The Morgan fingerprint density at radius 3 is 2.89 bits per heavy atom. The average Bonchev–Trinajstić information content (AvgIpc) is 2.98. The third kappa shape index (κ3) is 2.87. The summed E-state index contributed by atoms with van der Waals surface area (Å²) in [7, 11) is 0. The summed E-state index contributed by atoms with van der Waals surface area (Å²) < 4.78 is 0. The Bertz CT molecular complexity index is 460. The van der Waals surface area contributed by atoms with Gasteiger partial charge in [-0.2, -0.15) is 0 Å². The molecule has 1 aliphatic rings. The van der Waals surface area contributed by atoms with E-state index in [9.17, 15) is 9.59 Å². The van der Waals surface area contributed by atoms with E-state index in [1.807, 2.05) is 6.07 Å². The molecule has 1 atom stereocenters. The summed E-state index contributed by atoms with van der Waals surface area (Å²) in [5.41, 5.74) is 7.39. The number of hydrogen-bond acceptors (Lipinski definition) is 5. The molecule has 2 heterocycles. The van der Waals surface area contributed by atoms with Gasteiger partial charge in [-0.15, -0.1) is 11.3 Å². The van der Waals surface area contributed by atoms with Crippen LogP contribution in [0.15, 0.2) is 12.1 Å². The number of nitrogens with two attached hydrogens (primary N) is 2. The van der Waals surface area contributed by atoms with Crippen molar-refractivity contribution in [1.29, 1.82) is 0 Å². The third-order valence-corrected chi connectivity index (χ3v) is 4.14. The summed E-state index contributed by atoms with van der Waals surface area (Å²) in [5, 5.41) is 0. The highest BCUT2D eigenvalue weighted by molar-refractivity contribution is 7.14. The summed E-state index contributed by atoms with van der Waals surface area (Å²) >= 11 is 1.41. The summed E-state index contributed by atoms with van der Waals surface area (Å²) in [4.78, 5) is 26.2. The van der Waals surface area contributed by atoms with Gasteiger partial charge in [-0.3, -0.25) is 19.9 Å². The topological polar surface area (TPSA) is 101 Å². The molecule has 2 amide bonds. The van der Waals surface area contributed by atoms with Gasteiger partial charge in [0, 0.05) is 18.0 Å². The maximum atomic E-state index is 11.3. The lowest BCUT2D eigenvalue weighted by molar-refractivity contribution is -0.121. The van der Waals surface area contributed by atoms with Crippen molar-refractivity contribution in [3.63, 3.8) is 0 Å². The molecule has 18 heavy (non-hydrogen) atoms. The number of likely N-dealkylation sites (tertiary alicyclic amines) is 1. The summed E-state index contributed by atoms with van der Waals surface area (Å²) in [6, 6.07) is 3.66. The zero-order valence-electron chi connectivity index (χ0n) is 9.89. The Balaban J connectivity index is 1.93. The smallest absolute Gasteiger partial charge is 0.275 e. The minimum absolute atomic E-state index is 0.0447. The Kier molecular flexibility index (Phi) is 3.95. The summed E-state index contributed by atoms with van der Waals surface area (Å²) in [5.74, 6) is 4.52. The van der Waals surface area contributed by atoms with E-state index >= 15 is 0 Å². The Morgan fingerprint density at radius 2 is 2.28 bits per heavy atom. The van der Waals surface area contributed by atoms with Crippen LogP contribution in [-0.2, 0) is 11.3 Å². The fourth-order valence-electron chi connectivity index (χ4n) is 2.08. The fourth-order valence-corrected chi connectivity index (χ4v) is 3.04. The lowest BCUT2D eigenvalue weighted by atomic mass is 10.1. The minimum atomic E-state index is -0.275. The molecule has 1 saturated heterocycles. The predicted molar refractivity (Wildman–Crippen MR) is 68.6 cm³/mol. The lowest BCUT2D eigenvalue weighted by Crippen LogP contribution is -2.29. The lowest BCUT2D eigenvalue weighted by Gasteiger charge is -2.13. The van der Waals surface area contributed by atoms with Gasteiger partial charge in [-0.1, -0.05) is 0 Å². The van der Waals surface area contributed by atoms with Crippen LogP contribution >= 0.6 is 11.3 Å². The van der Waals surface area contributed by atoms with Crippen LogP contribution in [0.2, 0.25) is 0 Å². The first-order valence-corrected chi connectivity index (χ1v) is 6.53. The van der Waals surface area contributed by atoms with Crippen LogP contribution < -0.4 is 17.0 Å². The number of nitrogen functional groups attached to an aromatic ring is 1. The molecule has 0 bridgehead atoms.